The molecule has 2 rings (SSSR count). The first-order valence-corrected chi connectivity index (χ1v) is 3.90. The van der Waals surface area contributed by atoms with Crippen molar-refractivity contribution in [2.45, 2.75) is 30.7 Å². The second kappa shape index (κ2) is 2.93. The minimum atomic E-state index is -1.01. The SMILES string of the molecule is COC1C2COC(O2)C(O)C1O. The molecule has 2 aliphatic heterocycles. The topological polar surface area (TPSA) is 68.2 Å². The first kappa shape index (κ1) is 8.40. The third-order valence-corrected chi connectivity index (χ3v) is 2.34. The van der Waals surface area contributed by atoms with Crippen molar-refractivity contribution >= 4 is 0 Å². The Bertz CT molecular complexity index is 173. The standard InChI is InChI=1S/C7H12O5/c1-10-6-3-2-11-7(12-3)5(9)4(6)8/h3-9H,2H2,1H3. The summed E-state index contributed by atoms with van der Waals surface area (Å²) in [6.07, 6.45) is -3.34. The number of hydrogen-bond donors (Lipinski definition) is 2. The summed E-state index contributed by atoms with van der Waals surface area (Å²) in [6.45, 7) is 0.372. The molecular weight excluding hydrogens is 164 g/mol. The molecule has 0 aliphatic carbocycles. The van der Waals surface area contributed by atoms with Crippen molar-refractivity contribution in [3.8, 4) is 0 Å². The van der Waals surface area contributed by atoms with Crippen LogP contribution in [0.15, 0.2) is 0 Å². The highest BCUT2D eigenvalue weighted by molar-refractivity contribution is 4.93. The van der Waals surface area contributed by atoms with Crippen LogP contribution in [-0.2, 0) is 14.2 Å². The number of rotatable bonds is 1. The highest BCUT2D eigenvalue weighted by atomic mass is 16.7. The fraction of sp³-hybridized carbons (Fsp3) is 1.00. The van der Waals surface area contributed by atoms with Crippen LogP contribution in [-0.4, -0.2) is 54.6 Å². The Labute approximate surface area is 69.8 Å². The molecule has 12 heavy (non-hydrogen) atoms. The van der Waals surface area contributed by atoms with Crippen LogP contribution >= 0.6 is 0 Å². The van der Waals surface area contributed by atoms with Crippen molar-refractivity contribution < 1.29 is 24.4 Å². The molecule has 0 radical (unpaired) electrons. The summed E-state index contributed by atoms with van der Waals surface area (Å²) in [7, 11) is 1.47. The van der Waals surface area contributed by atoms with E-state index < -0.39 is 24.6 Å². The molecule has 5 atom stereocenters. The van der Waals surface area contributed by atoms with Gasteiger partial charge in [-0.3, -0.25) is 0 Å². The predicted octanol–water partition coefficient (Wildman–Crippen LogP) is -1.52. The van der Waals surface area contributed by atoms with Gasteiger partial charge in [0, 0.05) is 7.11 Å². The molecule has 5 unspecified atom stereocenters. The van der Waals surface area contributed by atoms with E-state index in [-0.39, 0.29) is 6.10 Å². The Morgan fingerprint density at radius 3 is 2.75 bits per heavy atom. The summed E-state index contributed by atoms with van der Waals surface area (Å²) in [4.78, 5) is 0. The van der Waals surface area contributed by atoms with Crippen molar-refractivity contribution in [3.63, 3.8) is 0 Å². The van der Waals surface area contributed by atoms with Gasteiger partial charge in [-0.15, -0.1) is 0 Å². The predicted molar refractivity (Wildman–Crippen MR) is 37.4 cm³/mol. The normalized spacial score (nSPS) is 52.8. The van der Waals surface area contributed by atoms with Crippen LogP contribution in [0.25, 0.3) is 0 Å². The molecular formula is C7H12O5. The molecule has 2 bridgehead atoms. The summed E-state index contributed by atoms with van der Waals surface area (Å²) in [5.41, 5.74) is 0. The van der Waals surface area contributed by atoms with Crippen LogP contribution in [0.2, 0.25) is 0 Å². The Morgan fingerprint density at radius 1 is 1.33 bits per heavy atom. The van der Waals surface area contributed by atoms with Crippen molar-refractivity contribution in [1.29, 1.82) is 0 Å². The molecule has 0 amide bonds. The smallest absolute Gasteiger partial charge is 0.186 e. The Morgan fingerprint density at radius 2 is 2.08 bits per heavy atom. The third kappa shape index (κ3) is 1.06. The third-order valence-electron chi connectivity index (χ3n) is 2.34. The van der Waals surface area contributed by atoms with Gasteiger partial charge < -0.3 is 24.4 Å². The van der Waals surface area contributed by atoms with Crippen molar-refractivity contribution in [1.82, 2.24) is 0 Å². The minimum Gasteiger partial charge on any atom is -0.387 e. The van der Waals surface area contributed by atoms with E-state index in [2.05, 4.69) is 0 Å². The summed E-state index contributed by atoms with van der Waals surface area (Å²) < 4.78 is 15.3. The van der Waals surface area contributed by atoms with Gasteiger partial charge in [-0.25, -0.2) is 0 Å². The highest BCUT2D eigenvalue weighted by Gasteiger charge is 2.49. The number of aliphatic hydroxyl groups is 2. The summed E-state index contributed by atoms with van der Waals surface area (Å²) in [5, 5.41) is 18.9. The van der Waals surface area contributed by atoms with Crippen LogP contribution in [0.3, 0.4) is 0 Å². The van der Waals surface area contributed by atoms with Gasteiger partial charge in [0.05, 0.1) is 6.61 Å². The largest absolute Gasteiger partial charge is 0.387 e. The second-order valence-electron chi connectivity index (χ2n) is 3.06. The molecule has 2 heterocycles. The average molecular weight is 176 g/mol. The maximum absolute atomic E-state index is 9.48. The molecule has 0 saturated carbocycles. The Hall–Kier alpha value is -0.200. The van der Waals surface area contributed by atoms with Crippen LogP contribution in [0.5, 0.6) is 0 Å². The molecule has 2 fully saturated rings. The fourth-order valence-electron chi connectivity index (χ4n) is 1.66. The summed E-state index contributed by atoms with van der Waals surface area (Å²) in [6, 6.07) is 0. The zero-order valence-corrected chi connectivity index (χ0v) is 6.71. The van der Waals surface area contributed by atoms with E-state index in [1.54, 1.807) is 0 Å². The molecule has 2 saturated heterocycles. The molecule has 2 aliphatic rings. The quantitative estimate of drug-likeness (QED) is 0.507. The highest BCUT2D eigenvalue weighted by Crippen LogP contribution is 2.29. The van der Waals surface area contributed by atoms with E-state index in [1.807, 2.05) is 0 Å². The summed E-state index contributed by atoms with van der Waals surface area (Å²) >= 11 is 0. The molecule has 0 aromatic rings. The van der Waals surface area contributed by atoms with Crippen LogP contribution in [0, 0.1) is 0 Å². The lowest BCUT2D eigenvalue weighted by Gasteiger charge is -2.34. The van der Waals surface area contributed by atoms with Gasteiger partial charge in [-0.1, -0.05) is 0 Å². The molecule has 0 aromatic heterocycles. The number of methoxy groups -OCH3 is 1. The van der Waals surface area contributed by atoms with E-state index >= 15 is 0 Å². The van der Waals surface area contributed by atoms with Gasteiger partial charge in [0.1, 0.15) is 24.4 Å². The molecule has 70 valence electrons. The van der Waals surface area contributed by atoms with Crippen molar-refractivity contribution in [2.24, 2.45) is 0 Å². The molecule has 0 aromatic carbocycles. The first-order valence-electron chi connectivity index (χ1n) is 3.90. The minimum absolute atomic E-state index is 0.251. The summed E-state index contributed by atoms with van der Waals surface area (Å²) in [5.74, 6) is 0. The van der Waals surface area contributed by atoms with Gasteiger partial charge in [0.2, 0.25) is 0 Å². The zero-order valence-electron chi connectivity index (χ0n) is 6.71. The average Bonchev–Trinajstić information content (AvgIpc) is 2.49. The van der Waals surface area contributed by atoms with E-state index in [0.29, 0.717) is 6.61 Å². The van der Waals surface area contributed by atoms with Crippen molar-refractivity contribution in [3.05, 3.63) is 0 Å². The molecule has 0 spiro atoms. The van der Waals surface area contributed by atoms with Crippen LogP contribution < -0.4 is 0 Å². The lowest BCUT2D eigenvalue weighted by molar-refractivity contribution is -0.233. The number of hydrogen-bond acceptors (Lipinski definition) is 5. The second-order valence-corrected chi connectivity index (χ2v) is 3.06. The van der Waals surface area contributed by atoms with Crippen LogP contribution in [0.1, 0.15) is 0 Å². The molecule has 5 nitrogen and oxygen atoms in total. The zero-order chi connectivity index (χ0) is 8.72. The van der Waals surface area contributed by atoms with Crippen LogP contribution in [0.4, 0.5) is 0 Å². The maximum Gasteiger partial charge on any atom is 0.186 e. The van der Waals surface area contributed by atoms with E-state index in [0.717, 1.165) is 0 Å². The maximum atomic E-state index is 9.48. The number of fused-ring (bicyclic) bond motifs is 2. The van der Waals surface area contributed by atoms with Crippen molar-refractivity contribution in [2.75, 3.05) is 13.7 Å². The lowest BCUT2D eigenvalue weighted by atomic mass is 10.0. The van der Waals surface area contributed by atoms with Gasteiger partial charge >= 0.3 is 0 Å². The van der Waals surface area contributed by atoms with Gasteiger partial charge in [-0.2, -0.15) is 0 Å². The molecule has 2 N–H and O–H groups in total. The van der Waals surface area contributed by atoms with Gasteiger partial charge in [0.25, 0.3) is 0 Å². The van der Waals surface area contributed by atoms with E-state index in [4.69, 9.17) is 14.2 Å². The molecule has 5 heteroatoms. The van der Waals surface area contributed by atoms with E-state index in [9.17, 15) is 10.2 Å². The van der Waals surface area contributed by atoms with Gasteiger partial charge in [-0.05, 0) is 0 Å². The Kier molecular flexibility index (Phi) is 2.05. The fourth-order valence-corrected chi connectivity index (χ4v) is 1.66. The number of ether oxygens (including phenoxy) is 3. The van der Waals surface area contributed by atoms with Gasteiger partial charge in [0.15, 0.2) is 6.29 Å². The first-order chi connectivity index (χ1) is 5.74. The monoisotopic (exact) mass is 176 g/mol. The Balaban J connectivity index is 2.14. The number of aliphatic hydroxyl groups excluding tert-OH is 2. The van der Waals surface area contributed by atoms with E-state index in [1.165, 1.54) is 7.11 Å². The lowest BCUT2D eigenvalue weighted by Crippen LogP contribution is -2.54.